The van der Waals surface area contributed by atoms with Gasteiger partial charge in [0.25, 0.3) is 0 Å². The van der Waals surface area contributed by atoms with Gasteiger partial charge in [0.1, 0.15) is 11.3 Å². The highest BCUT2D eigenvalue weighted by Gasteiger charge is 2.05. The molecule has 3 heterocycles. The molecule has 2 amide bonds. The van der Waals surface area contributed by atoms with Gasteiger partial charge in [-0.05, 0) is 18.2 Å². The predicted molar refractivity (Wildman–Crippen MR) is 110 cm³/mol. The number of nitrogen functional groups attached to an aromatic ring is 2. The Kier molecular flexibility index (Phi) is 11.9. The van der Waals surface area contributed by atoms with E-state index in [4.69, 9.17) is 26.3 Å². The van der Waals surface area contributed by atoms with Crippen molar-refractivity contribution in [2.24, 2.45) is 11.5 Å². The number of fused-ring (bicyclic) bond motifs is 1. The molecule has 15 nitrogen and oxygen atoms in total. The number of H-pyrrole nitrogens is 1. The molecule has 0 spiro atoms. The van der Waals surface area contributed by atoms with Crippen molar-refractivity contribution in [2.45, 2.75) is 13.3 Å². The number of nitrogens with zero attached hydrogens (tertiary/aromatic N) is 7. The van der Waals surface area contributed by atoms with Crippen molar-refractivity contribution in [3.63, 3.8) is 0 Å². The van der Waals surface area contributed by atoms with E-state index >= 15 is 0 Å². The van der Waals surface area contributed by atoms with E-state index in [9.17, 15) is 4.79 Å². The molecule has 3 aromatic heterocycles. The number of anilines is 2. The highest BCUT2D eigenvalue weighted by Crippen LogP contribution is 2.02. The van der Waals surface area contributed by atoms with Crippen molar-refractivity contribution >= 4 is 34.9 Å². The average Bonchev–Trinajstić information content (AvgIpc) is 3.17. The maximum absolute atomic E-state index is 11.0. The number of hydrogen-bond acceptors (Lipinski definition) is 12. The van der Waals surface area contributed by atoms with Crippen LogP contribution in [0.2, 0.25) is 0 Å². The second kappa shape index (κ2) is 14.2. The summed E-state index contributed by atoms with van der Waals surface area (Å²) in [5, 5.41) is 17.3. The zero-order valence-electron chi connectivity index (χ0n) is 16.6. The van der Waals surface area contributed by atoms with Gasteiger partial charge in [0.15, 0.2) is 0 Å². The van der Waals surface area contributed by atoms with Crippen molar-refractivity contribution < 1.29 is 14.3 Å². The minimum atomic E-state index is -0.833. The molecule has 0 aliphatic rings. The smallest absolute Gasteiger partial charge is 0.333 e. The van der Waals surface area contributed by atoms with Crippen LogP contribution in [-0.2, 0) is 16.0 Å². The maximum Gasteiger partial charge on any atom is 0.333 e. The summed E-state index contributed by atoms with van der Waals surface area (Å²) in [5.74, 6) is 0.0389. The molecule has 0 aromatic carbocycles. The number of rotatable bonds is 4. The zero-order valence-corrected chi connectivity index (χ0v) is 16.6. The first-order chi connectivity index (χ1) is 14.7. The Morgan fingerprint density at radius 3 is 2.29 bits per heavy atom. The standard InChI is InChI=1S/C9H13N5O2.C5H4N4.CH4N2O.CHN/c1-5(2)7(15)16-4-3-6-12-8(10)14-9(11)13-6;1-2-6-5-3-7-9-8-4(1)5;2-1(3)4;1-2/h1,3-4H2,2H3,(H4,10,11,12,13,14);1-3,6H;(H4,2,3,4);1H. The number of nitrogens with one attached hydrogen (secondary N) is 1. The van der Waals surface area contributed by atoms with Gasteiger partial charge in [-0.25, -0.2) is 14.9 Å². The van der Waals surface area contributed by atoms with E-state index in [1.165, 1.54) is 0 Å². The SMILES string of the molecule is C#N.C=C(C)C(=O)OCCc1nc(N)nc(N)n1.NC(N)=O.c1cc2nnncc2[nH]1. The summed E-state index contributed by atoms with van der Waals surface area (Å²) < 4.78 is 4.87. The number of nitrogens with two attached hydrogens (primary N) is 4. The number of aromatic amines is 1. The van der Waals surface area contributed by atoms with E-state index < -0.39 is 12.0 Å². The van der Waals surface area contributed by atoms with Crippen LogP contribution in [0.25, 0.3) is 11.0 Å². The Balaban J connectivity index is 0.000000500. The molecular weight excluding hydrogens is 408 g/mol. The second-order valence-corrected chi connectivity index (χ2v) is 5.25. The number of urea groups is 1. The fourth-order valence-electron chi connectivity index (χ4n) is 1.65. The highest BCUT2D eigenvalue weighted by atomic mass is 16.5. The van der Waals surface area contributed by atoms with Gasteiger partial charge in [-0.3, -0.25) is 0 Å². The zero-order chi connectivity index (χ0) is 23.8. The van der Waals surface area contributed by atoms with E-state index in [0.717, 1.165) is 11.0 Å². The number of nitriles is 1. The fraction of sp³-hybridized carbons (Fsp3) is 0.188. The molecule has 15 heteroatoms. The van der Waals surface area contributed by atoms with Crippen LogP contribution in [-0.4, -0.2) is 54.0 Å². The minimum Gasteiger partial charge on any atom is -0.462 e. The first-order valence-electron chi connectivity index (χ1n) is 8.19. The molecule has 0 saturated carbocycles. The first kappa shape index (κ1) is 26.1. The monoisotopic (exact) mass is 430 g/mol. The molecule has 0 radical (unpaired) electrons. The van der Waals surface area contributed by atoms with Crippen molar-refractivity contribution in [1.82, 2.24) is 35.3 Å². The summed E-state index contributed by atoms with van der Waals surface area (Å²) in [6.45, 7) is 8.67. The summed E-state index contributed by atoms with van der Waals surface area (Å²) in [6.07, 6.45) is 3.78. The molecular formula is C16H22N12O3. The van der Waals surface area contributed by atoms with Crippen LogP contribution in [0.1, 0.15) is 12.7 Å². The summed E-state index contributed by atoms with van der Waals surface area (Å²) in [5.41, 5.74) is 21.4. The Morgan fingerprint density at radius 2 is 1.77 bits per heavy atom. The normalized spacial score (nSPS) is 8.87. The van der Waals surface area contributed by atoms with Crippen LogP contribution in [0.15, 0.2) is 30.6 Å². The average molecular weight is 430 g/mol. The highest BCUT2D eigenvalue weighted by molar-refractivity contribution is 5.86. The molecule has 0 atom stereocenters. The van der Waals surface area contributed by atoms with Crippen molar-refractivity contribution in [3.05, 3.63) is 36.4 Å². The fourth-order valence-corrected chi connectivity index (χ4v) is 1.65. The Hall–Kier alpha value is -4.87. The first-order valence-corrected chi connectivity index (χ1v) is 8.19. The lowest BCUT2D eigenvalue weighted by Gasteiger charge is -2.04. The maximum atomic E-state index is 11.0. The van der Waals surface area contributed by atoms with E-state index in [2.05, 4.69) is 60.0 Å². The number of aromatic nitrogens is 7. The lowest BCUT2D eigenvalue weighted by Crippen LogP contribution is -2.18. The van der Waals surface area contributed by atoms with Crippen molar-refractivity contribution in [2.75, 3.05) is 18.1 Å². The molecule has 9 N–H and O–H groups in total. The van der Waals surface area contributed by atoms with E-state index in [1.54, 1.807) is 19.3 Å². The number of primary amides is 2. The summed E-state index contributed by atoms with van der Waals surface area (Å²) >= 11 is 0. The van der Waals surface area contributed by atoms with Crippen LogP contribution >= 0.6 is 0 Å². The van der Waals surface area contributed by atoms with Crippen LogP contribution in [0.5, 0.6) is 0 Å². The third kappa shape index (κ3) is 11.5. The molecule has 3 rings (SSSR count). The van der Waals surface area contributed by atoms with Gasteiger partial charge in [-0.15, -0.1) is 10.2 Å². The summed E-state index contributed by atoms with van der Waals surface area (Å²) in [4.78, 5) is 34.3. The number of carbonyl (C=O) groups is 2. The topological polar surface area (TPSA) is 264 Å². The number of hydrogen-bond donors (Lipinski definition) is 5. The number of esters is 1. The van der Waals surface area contributed by atoms with Crippen LogP contribution < -0.4 is 22.9 Å². The molecule has 164 valence electrons. The van der Waals surface area contributed by atoms with E-state index in [1.807, 2.05) is 6.07 Å². The lowest BCUT2D eigenvalue weighted by atomic mass is 10.3. The second-order valence-electron chi connectivity index (χ2n) is 5.25. The van der Waals surface area contributed by atoms with Gasteiger partial charge in [-0.2, -0.15) is 15.0 Å². The van der Waals surface area contributed by atoms with Crippen molar-refractivity contribution in [1.29, 1.82) is 5.26 Å². The van der Waals surface area contributed by atoms with E-state index in [0.29, 0.717) is 17.8 Å². The van der Waals surface area contributed by atoms with Crippen LogP contribution in [0, 0.1) is 11.8 Å². The van der Waals surface area contributed by atoms with Gasteiger partial charge in [0.05, 0.1) is 18.3 Å². The molecule has 0 fully saturated rings. The van der Waals surface area contributed by atoms with Crippen LogP contribution in [0.3, 0.4) is 0 Å². The number of ether oxygens (including phenoxy) is 1. The van der Waals surface area contributed by atoms with Gasteiger partial charge >= 0.3 is 12.0 Å². The largest absolute Gasteiger partial charge is 0.462 e. The Morgan fingerprint density at radius 1 is 1.19 bits per heavy atom. The molecule has 31 heavy (non-hydrogen) atoms. The predicted octanol–water partition coefficient (Wildman–Crippen LogP) is -0.786. The Labute approximate surface area is 176 Å². The Bertz CT molecular complexity index is 963. The molecule has 0 bridgehead atoms. The number of amides is 2. The molecule has 3 aromatic rings. The molecule has 0 unspecified atom stereocenters. The minimum absolute atomic E-state index is 0.0497. The molecule has 0 saturated heterocycles. The molecule has 0 aliphatic heterocycles. The van der Waals surface area contributed by atoms with Crippen LogP contribution in [0.4, 0.5) is 16.7 Å². The van der Waals surface area contributed by atoms with Crippen molar-refractivity contribution in [3.8, 4) is 6.57 Å². The summed E-state index contributed by atoms with van der Waals surface area (Å²) in [6, 6.07) is 1.02. The van der Waals surface area contributed by atoms with E-state index in [-0.39, 0.29) is 18.5 Å². The van der Waals surface area contributed by atoms with Gasteiger partial charge in [-0.1, -0.05) is 6.58 Å². The van der Waals surface area contributed by atoms with Gasteiger partial charge in [0.2, 0.25) is 11.9 Å². The third-order valence-electron chi connectivity index (χ3n) is 2.77. The van der Waals surface area contributed by atoms with Gasteiger partial charge < -0.3 is 32.7 Å². The third-order valence-corrected chi connectivity index (χ3v) is 2.77. The quantitative estimate of drug-likeness (QED) is 0.252. The molecule has 0 aliphatic carbocycles. The summed E-state index contributed by atoms with van der Waals surface area (Å²) in [7, 11) is 0. The van der Waals surface area contributed by atoms with Gasteiger partial charge in [0, 0.05) is 24.8 Å². The number of carbonyl (C=O) groups excluding carboxylic acids is 2. The lowest BCUT2D eigenvalue weighted by molar-refractivity contribution is -0.138.